The largest absolute Gasteiger partial charge is 0.647 e. The van der Waals surface area contributed by atoms with Crippen LogP contribution >= 0.6 is 7.82 Å². The summed E-state index contributed by atoms with van der Waals surface area (Å²) in [7, 11) is -14.4. The van der Waals surface area contributed by atoms with Gasteiger partial charge < -0.3 is 13.6 Å². The van der Waals surface area contributed by atoms with Gasteiger partial charge in [0, 0.05) is 0 Å². The van der Waals surface area contributed by atoms with Gasteiger partial charge in [-0.2, -0.15) is 21.4 Å². The normalized spacial score (nSPS) is 12.2. The molecule has 0 aliphatic rings. The number of rotatable bonds is 8. The molecule has 0 amide bonds. The molecule has 0 bridgehead atoms. The van der Waals surface area contributed by atoms with Crippen molar-refractivity contribution in [2.45, 2.75) is 9.79 Å². The third-order valence-corrected chi connectivity index (χ3v) is 6.70. The fourth-order valence-electron chi connectivity index (χ4n) is 2.38. The summed E-state index contributed by atoms with van der Waals surface area (Å²) in [6.45, 7) is 0. The predicted octanol–water partition coefficient (Wildman–Crippen LogP) is 3.82. The molecule has 3 aromatic carbocycles. The minimum atomic E-state index is -4.83. The second kappa shape index (κ2) is 8.69. The third kappa shape index (κ3) is 5.84. The average Bonchev–Trinajstić information content (AvgIpc) is 2.67. The lowest BCUT2D eigenvalue weighted by molar-refractivity contribution is 0.293. The summed E-state index contributed by atoms with van der Waals surface area (Å²) in [6, 6.07) is 16.9. The van der Waals surface area contributed by atoms with Gasteiger partial charge in [-0.3, -0.25) is 9.11 Å². The first-order chi connectivity index (χ1) is 14.5. The highest BCUT2D eigenvalue weighted by Crippen LogP contribution is 2.51. The van der Waals surface area contributed by atoms with E-state index in [9.17, 15) is 30.5 Å². The van der Waals surface area contributed by atoms with Crippen molar-refractivity contribution in [1.82, 2.24) is 0 Å². The molecule has 3 aromatic rings. The molecule has 10 nitrogen and oxygen atoms in total. The minimum absolute atomic E-state index is 0.0143. The Labute approximate surface area is 178 Å². The van der Waals surface area contributed by atoms with Crippen LogP contribution in [0, 0.1) is 0 Å². The van der Waals surface area contributed by atoms with Crippen LogP contribution < -0.4 is 13.6 Å². The fraction of sp³-hybridized carbons (Fsp3) is 0. The van der Waals surface area contributed by atoms with E-state index in [4.69, 9.17) is 13.6 Å². The molecule has 0 fully saturated rings. The van der Waals surface area contributed by atoms with Crippen LogP contribution in [0.2, 0.25) is 0 Å². The van der Waals surface area contributed by atoms with Crippen molar-refractivity contribution in [3.8, 4) is 17.2 Å². The lowest BCUT2D eigenvalue weighted by Crippen LogP contribution is -2.11. The fourth-order valence-corrected chi connectivity index (χ4v) is 5.03. The van der Waals surface area contributed by atoms with Crippen molar-refractivity contribution in [3.05, 3.63) is 78.9 Å². The Morgan fingerprint density at radius 3 is 1.39 bits per heavy atom. The van der Waals surface area contributed by atoms with Crippen molar-refractivity contribution >= 4 is 28.1 Å². The monoisotopic (exact) mass is 486 g/mol. The summed E-state index contributed by atoms with van der Waals surface area (Å²) < 4.78 is 94.6. The summed E-state index contributed by atoms with van der Waals surface area (Å²) in [6.07, 6.45) is 0. The number of benzene rings is 3. The van der Waals surface area contributed by atoms with Crippen molar-refractivity contribution in [2.24, 2.45) is 0 Å². The molecule has 13 heteroatoms. The highest BCUT2D eigenvalue weighted by atomic mass is 32.2. The predicted molar refractivity (Wildman–Crippen MR) is 108 cm³/mol. The smallest absolute Gasteiger partial charge is 0.386 e. The van der Waals surface area contributed by atoms with Crippen molar-refractivity contribution < 1.29 is 44.1 Å². The van der Waals surface area contributed by atoms with E-state index in [1.165, 1.54) is 48.5 Å². The Morgan fingerprint density at radius 2 is 0.968 bits per heavy atom. The number of hydrogen-bond donors (Lipinski definition) is 2. The van der Waals surface area contributed by atoms with Crippen molar-refractivity contribution in [2.75, 3.05) is 0 Å². The zero-order valence-corrected chi connectivity index (χ0v) is 18.0. The number of phosphoric ester groups is 1. The van der Waals surface area contributed by atoms with E-state index in [1.54, 1.807) is 6.07 Å². The molecule has 0 aliphatic heterocycles. The van der Waals surface area contributed by atoms with Crippen molar-refractivity contribution in [3.63, 3.8) is 0 Å². The van der Waals surface area contributed by atoms with Crippen LogP contribution in [0.25, 0.3) is 0 Å². The molecule has 0 atom stereocenters. The van der Waals surface area contributed by atoms with E-state index in [0.717, 1.165) is 24.3 Å². The van der Waals surface area contributed by atoms with Crippen LogP contribution in [0.4, 0.5) is 0 Å². The molecule has 0 saturated heterocycles. The standard InChI is InChI=1S/C18H15O10PS2/c19-29(26-14-8-2-1-3-9-14,27-15-10-4-6-12-17(15)30(20,21)22)28-16-11-5-7-13-18(16)31(23,24)25/h1-13H,(H,20,21,22)(H,23,24,25). The van der Waals surface area contributed by atoms with Gasteiger partial charge in [0.05, 0.1) is 0 Å². The highest BCUT2D eigenvalue weighted by Gasteiger charge is 2.37. The van der Waals surface area contributed by atoms with E-state index >= 15 is 0 Å². The maximum Gasteiger partial charge on any atom is 0.647 e. The molecule has 0 unspecified atom stereocenters. The average molecular weight is 486 g/mol. The Bertz CT molecular complexity index is 1260. The second-order valence-corrected chi connectivity index (χ2v) is 10.1. The maximum atomic E-state index is 13.5. The van der Waals surface area contributed by atoms with Gasteiger partial charge in [-0.15, -0.1) is 0 Å². The van der Waals surface area contributed by atoms with Crippen LogP contribution in [-0.2, 0) is 24.8 Å². The van der Waals surface area contributed by atoms with E-state index in [-0.39, 0.29) is 5.75 Å². The SMILES string of the molecule is O=P(Oc1ccccc1)(Oc1ccccc1S(=O)(=O)O)Oc1ccccc1S(=O)(=O)O. The van der Waals surface area contributed by atoms with Gasteiger partial charge in [-0.25, -0.2) is 0 Å². The van der Waals surface area contributed by atoms with Crippen LogP contribution in [0.5, 0.6) is 17.2 Å². The first kappa shape index (κ1) is 22.8. The minimum Gasteiger partial charge on any atom is -0.386 e. The van der Waals surface area contributed by atoms with Crippen molar-refractivity contribution in [1.29, 1.82) is 0 Å². The lowest BCUT2D eigenvalue weighted by atomic mass is 10.3. The second-order valence-electron chi connectivity index (χ2n) is 5.88. The van der Waals surface area contributed by atoms with E-state index in [0.29, 0.717) is 0 Å². The zero-order valence-electron chi connectivity index (χ0n) is 15.4. The Balaban J connectivity index is 2.09. The number of hydrogen-bond acceptors (Lipinski definition) is 8. The van der Waals surface area contributed by atoms with Crippen LogP contribution in [0.1, 0.15) is 0 Å². The molecular weight excluding hydrogens is 471 g/mol. The lowest BCUT2D eigenvalue weighted by Gasteiger charge is -2.21. The summed E-state index contributed by atoms with van der Waals surface area (Å²) >= 11 is 0. The maximum absolute atomic E-state index is 13.5. The quantitative estimate of drug-likeness (QED) is 0.355. The first-order valence-electron chi connectivity index (χ1n) is 8.35. The number of para-hydroxylation sites is 3. The zero-order chi connectivity index (χ0) is 22.7. The third-order valence-electron chi connectivity index (χ3n) is 3.63. The molecule has 0 aliphatic carbocycles. The molecule has 0 radical (unpaired) electrons. The Hall–Kier alpha value is -2.89. The Morgan fingerprint density at radius 1 is 0.581 bits per heavy atom. The highest BCUT2D eigenvalue weighted by molar-refractivity contribution is 7.86. The van der Waals surface area contributed by atoms with Crippen LogP contribution in [0.15, 0.2) is 88.7 Å². The molecule has 164 valence electrons. The number of phosphoric acid groups is 1. The molecule has 31 heavy (non-hydrogen) atoms. The summed E-state index contributed by atoms with van der Waals surface area (Å²) in [5, 5.41) is 0. The van der Waals surface area contributed by atoms with E-state index < -0.39 is 49.3 Å². The van der Waals surface area contributed by atoms with Crippen LogP contribution in [-0.4, -0.2) is 25.9 Å². The van der Waals surface area contributed by atoms with E-state index in [1.807, 2.05) is 0 Å². The molecule has 0 heterocycles. The van der Waals surface area contributed by atoms with Gasteiger partial charge in [0.1, 0.15) is 15.5 Å². The Kier molecular flexibility index (Phi) is 6.39. The van der Waals surface area contributed by atoms with E-state index in [2.05, 4.69) is 0 Å². The van der Waals surface area contributed by atoms with Gasteiger partial charge in [-0.1, -0.05) is 42.5 Å². The molecule has 3 rings (SSSR count). The topological polar surface area (TPSA) is 154 Å². The molecule has 0 spiro atoms. The summed E-state index contributed by atoms with van der Waals surface area (Å²) in [5.74, 6) is -1.17. The molecular formula is C18H15O10PS2. The summed E-state index contributed by atoms with van der Waals surface area (Å²) in [5.41, 5.74) is 0. The molecule has 0 aromatic heterocycles. The van der Waals surface area contributed by atoms with Gasteiger partial charge >= 0.3 is 7.82 Å². The molecule has 0 saturated carbocycles. The van der Waals surface area contributed by atoms with Gasteiger partial charge in [-0.05, 0) is 36.4 Å². The summed E-state index contributed by atoms with van der Waals surface area (Å²) in [4.78, 5) is -1.45. The van der Waals surface area contributed by atoms with Gasteiger partial charge in [0.2, 0.25) is 0 Å². The van der Waals surface area contributed by atoms with Gasteiger partial charge in [0.15, 0.2) is 11.5 Å². The van der Waals surface area contributed by atoms with Gasteiger partial charge in [0.25, 0.3) is 20.2 Å². The first-order valence-corrected chi connectivity index (χ1v) is 12.7. The molecule has 2 N–H and O–H groups in total. The van der Waals surface area contributed by atoms with Crippen LogP contribution in [0.3, 0.4) is 0 Å².